The van der Waals surface area contributed by atoms with Crippen molar-refractivity contribution in [3.05, 3.63) is 28.3 Å². The van der Waals surface area contributed by atoms with Crippen molar-refractivity contribution >= 4 is 29.0 Å². The van der Waals surface area contributed by atoms with E-state index in [1.165, 1.54) is 11.5 Å². The molecule has 10 nitrogen and oxygen atoms in total. The van der Waals surface area contributed by atoms with Gasteiger partial charge in [0.25, 0.3) is 0 Å². The van der Waals surface area contributed by atoms with Crippen molar-refractivity contribution in [1.29, 1.82) is 0 Å². The van der Waals surface area contributed by atoms with Gasteiger partial charge in [0, 0.05) is 40.4 Å². The lowest BCUT2D eigenvalue weighted by Gasteiger charge is -2.22. The van der Waals surface area contributed by atoms with Gasteiger partial charge >= 0.3 is 17.6 Å². The van der Waals surface area contributed by atoms with Crippen LogP contribution in [0.15, 0.2) is 17.1 Å². The van der Waals surface area contributed by atoms with Gasteiger partial charge in [0.2, 0.25) is 5.75 Å². The first-order valence-corrected chi connectivity index (χ1v) is 9.81. The lowest BCUT2D eigenvalue weighted by molar-refractivity contribution is 0.0588. The third kappa shape index (κ3) is 3.77. The number of likely N-dealkylation sites (N-methyl/N-ethyl adjacent to an activating group) is 1. The highest BCUT2D eigenvalue weighted by atomic mass is 16.5. The highest BCUT2D eigenvalue weighted by molar-refractivity contribution is 5.99. The molecule has 0 aliphatic carbocycles. The number of nitrogens with zero attached hydrogens (tertiary/aromatic N) is 5. The SMILES string of the molecule is CCCCOc1c(C(=O)OC)nc2c(N3CCN(C)C3=O)cc(N(C)C)cn2c1=O. The largest absolute Gasteiger partial charge is 0.486 e. The fourth-order valence-corrected chi connectivity index (χ4v) is 3.19. The molecule has 3 rings (SSSR count). The van der Waals surface area contributed by atoms with Crippen LogP contribution < -0.4 is 20.1 Å². The number of amides is 2. The first-order chi connectivity index (χ1) is 14.3. The Balaban J connectivity index is 2.30. The van der Waals surface area contributed by atoms with Gasteiger partial charge in [-0.1, -0.05) is 13.3 Å². The number of aromatic nitrogens is 2. The lowest BCUT2D eigenvalue weighted by Crippen LogP contribution is -2.31. The van der Waals surface area contributed by atoms with Gasteiger partial charge in [-0.2, -0.15) is 0 Å². The molecule has 0 saturated carbocycles. The Bertz CT molecular complexity index is 1030. The fourth-order valence-electron chi connectivity index (χ4n) is 3.19. The quantitative estimate of drug-likeness (QED) is 0.499. The second kappa shape index (κ2) is 8.60. The fraction of sp³-hybridized carbons (Fsp3) is 0.500. The zero-order chi connectivity index (χ0) is 22.0. The standard InChI is InChI=1S/C20H27N5O5/c1-6-7-10-30-16-15(19(27)29-5)21-17-14(24-9-8-23(4)20(24)28)11-13(22(2)3)12-25(17)18(16)26/h11-12H,6-10H2,1-5H3. The molecule has 1 fully saturated rings. The summed E-state index contributed by atoms with van der Waals surface area (Å²) < 4.78 is 11.8. The van der Waals surface area contributed by atoms with Gasteiger partial charge in [-0.05, 0) is 12.5 Å². The van der Waals surface area contributed by atoms with Crippen LogP contribution in [0.25, 0.3) is 5.65 Å². The van der Waals surface area contributed by atoms with Crippen molar-refractivity contribution in [2.24, 2.45) is 0 Å². The summed E-state index contributed by atoms with van der Waals surface area (Å²) in [5, 5.41) is 0. The number of hydrogen-bond donors (Lipinski definition) is 0. The molecule has 1 aliphatic rings. The third-order valence-corrected chi connectivity index (χ3v) is 5.00. The monoisotopic (exact) mass is 417 g/mol. The van der Waals surface area contributed by atoms with E-state index in [1.807, 2.05) is 25.9 Å². The van der Waals surface area contributed by atoms with Crippen LogP contribution >= 0.6 is 0 Å². The Morgan fingerprint density at radius 1 is 1.27 bits per heavy atom. The molecule has 162 valence electrons. The Kier molecular flexibility index (Phi) is 6.14. The number of hydrogen-bond acceptors (Lipinski definition) is 7. The van der Waals surface area contributed by atoms with E-state index in [9.17, 15) is 14.4 Å². The van der Waals surface area contributed by atoms with E-state index in [0.29, 0.717) is 24.5 Å². The number of esters is 1. The molecule has 0 bridgehead atoms. The molecular formula is C20H27N5O5. The van der Waals surface area contributed by atoms with E-state index < -0.39 is 11.5 Å². The van der Waals surface area contributed by atoms with Crippen molar-refractivity contribution in [2.75, 3.05) is 57.7 Å². The average molecular weight is 417 g/mol. The van der Waals surface area contributed by atoms with Crippen LogP contribution in [0.2, 0.25) is 0 Å². The number of fused-ring (bicyclic) bond motifs is 1. The van der Waals surface area contributed by atoms with E-state index in [1.54, 1.807) is 29.1 Å². The zero-order valence-corrected chi connectivity index (χ0v) is 18.0. The Morgan fingerprint density at radius 2 is 2.00 bits per heavy atom. The van der Waals surface area contributed by atoms with E-state index in [2.05, 4.69) is 4.98 Å². The first-order valence-electron chi connectivity index (χ1n) is 9.81. The molecule has 30 heavy (non-hydrogen) atoms. The average Bonchev–Trinajstić information content (AvgIpc) is 3.06. The summed E-state index contributed by atoms with van der Waals surface area (Å²) in [6.45, 7) is 3.26. The molecule has 0 spiro atoms. The number of carbonyl (C=O) groups excluding carboxylic acids is 2. The smallest absolute Gasteiger partial charge is 0.360 e. The van der Waals surface area contributed by atoms with Gasteiger partial charge in [-0.25, -0.2) is 14.6 Å². The van der Waals surface area contributed by atoms with Crippen LogP contribution in [-0.2, 0) is 4.74 Å². The van der Waals surface area contributed by atoms with Gasteiger partial charge in [-0.3, -0.25) is 14.1 Å². The molecule has 10 heteroatoms. The summed E-state index contributed by atoms with van der Waals surface area (Å²) in [7, 11) is 6.60. The predicted molar refractivity (Wildman–Crippen MR) is 113 cm³/mol. The third-order valence-electron chi connectivity index (χ3n) is 5.00. The van der Waals surface area contributed by atoms with Crippen molar-refractivity contribution in [3.8, 4) is 5.75 Å². The van der Waals surface area contributed by atoms with Crippen LogP contribution in [0, 0.1) is 0 Å². The molecule has 0 N–H and O–H groups in total. The molecule has 2 aromatic rings. The van der Waals surface area contributed by atoms with Crippen molar-refractivity contribution < 1.29 is 19.1 Å². The number of rotatable bonds is 7. The lowest BCUT2D eigenvalue weighted by atomic mass is 10.2. The molecule has 0 unspecified atom stereocenters. The maximum Gasteiger partial charge on any atom is 0.360 e. The van der Waals surface area contributed by atoms with Crippen LogP contribution in [0.4, 0.5) is 16.2 Å². The van der Waals surface area contributed by atoms with E-state index >= 15 is 0 Å². The number of unbranched alkanes of at least 4 members (excludes halogenated alkanes) is 1. The Morgan fingerprint density at radius 3 is 2.57 bits per heavy atom. The summed E-state index contributed by atoms with van der Waals surface area (Å²) in [5.41, 5.74) is 0.614. The second-order valence-corrected chi connectivity index (χ2v) is 7.32. The number of methoxy groups -OCH3 is 1. The maximum atomic E-state index is 13.3. The number of urea groups is 1. The topological polar surface area (TPSA) is 96.7 Å². The van der Waals surface area contributed by atoms with Gasteiger partial charge < -0.3 is 19.3 Å². The van der Waals surface area contributed by atoms with E-state index in [4.69, 9.17) is 9.47 Å². The molecular weight excluding hydrogens is 390 g/mol. The maximum absolute atomic E-state index is 13.3. The molecule has 2 amide bonds. The summed E-state index contributed by atoms with van der Waals surface area (Å²) in [6, 6.07) is 1.57. The summed E-state index contributed by atoms with van der Waals surface area (Å²) in [4.78, 5) is 47.7. The molecule has 3 heterocycles. The van der Waals surface area contributed by atoms with Gasteiger partial charge in [0.1, 0.15) is 0 Å². The van der Waals surface area contributed by atoms with E-state index in [0.717, 1.165) is 12.8 Å². The van der Waals surface area contributed by atoms with E-state index in [-0.39, 0.29) is 29.7 Å². The summed E-state index contributed by atoms with van der Waals surface area (Å²) >= 11 is 0. The van der Waals surface area contributed by atoms with Crippen molar-refractivity contribution in [2.45, 2.75) is 19.8 Å². The molecule has 2 aromatic heterocycles. The molecule has 0 atom stereocenters. The summed E-state index contributed by atoms with van der Waals surface area (Å²) in [6.07, 6.45) is 3.21. The second-order valence-electron chi connectivity index (χ2n) is 7.32. The van der Waals surface area contributed by atoms with Crippen LogP contribution in [0.3, 0.4) is 0 Å². The Labute approximate surface area is 174 Å². The normalized spacial score (nSPS) is 13.8. The van der Waals surface area contributed by atoms with Crippen molar-refractivity contribution in [1.82, 2.24) is 14.3 Å². The zero-order valence-electron chi connectivity index (χ0n) is 18.0. The minimum atomic E-state index is -0.770. The molecule has 0 aromatic carbocycles. The summed E-state index contributed by atoms with van der Waals surface area (Å²) in [5.74, 6) is -0.923. The number of carbonyl (C=O) groups is 2. The predicted octanol–water partition coefficient (Wildman–Crippen LogP) is 1.60. The molecule has 1 saturated heterocycles. The van der Waals surface area contributed by atoms with Gasteiger partial charge in [0.15, 0.2) is 11.3 Å². The molecule has 1 aliphatic heterocycles. The first kappa shape index (κ1) is 21.4. The highest BCUT2D eigenvalue weighted by Crippen LogP contribution is 2.29. The van der Waals surface area contributed by atoms with Gasteiger partial charge in [0.05, 0.1) is 25.1 Å². The minimum Gasteiger partial charge on any atom is -0.486 e. The number of anilines is 2. The van der Waals surface area contributed by atoms with Crippen LogP contribution in [0.1, 0.15) is 30.3 Å². The van der Waals surface area contributed by atoms with Crippen LogP contribution in [0.5, 0.6) is 5.75 Å². The van der Waals surface area contributed by atoms with Crippen LogP contribution in [-0.4, -0.2) is 74.2 Å². The number of pyridine rings is 1. The number of ether oxygens (including phenoxy) is 2. The van der Waals surface area contributed by atoms with Gasteiger partial charge in [-0.15, -0.1) is 0 Å². The highest BCUT2D eigenvalue weighted by Gasteiger charge is 2.31. The van der Waals surface area contributed by atoms with Crippen molar-refractivity contribution in [3.63, 3.8) is 0 Å². The minimum absolute atomic E-state index is 0.153. The molecule has 0 radical (unpaired) electrons. The Hall–Kier alpha value is -3.30.